The Morgan fingerprint density at radius 2 is 1.40 bits per heavy atom. The number of sulfone groups is 1. The highest BCUT2D eigenvalue weighted by Crippen LogP contribution is 2.50. The molecule has 3 aromatic rings. The first-order chi connectivity index (χ1) is 19.7. The number of hydrogen-bond acceptors (Lipinski definition) is 11. The molecule has 0 saturated carbocycles. The first-order valence-electron chi connectivity index (χ1n) is 12.0. The predicted octanol–water partition coefficient (Wildman–Crippen LogP) is 5.01. The molecule has 42 heavy (non-hydrogen) atoms. The number of nitro groups is 2. The van der Waals surface area contributed by atoms with Crippen molar-refractivity contribution < 1.29 is 46.6 Å². The molecule has 1 amide bonds. The number of benzene rings is 3. The third-order valence-electron chi connectivity index (χ3n) is 5.62. The van der Waals surface area contributed by atoms with Crippen LogP contribution in [0.1, 0.15) is 18.9 Å². The molecule has 0 saturated heterocycles. The molecule has 1 N–H and O–H groups in total. The number of amides is 1. The van der Waals surface area contributed by atoms with E-state index in [0.29, 0.717) is 4.90 Å². The number of rotatable bonds is 13. The summed E-state index contributed by atoms with van der Waals surface area (Å²) in [6.45, 7) is 1.34. The molecule has 17 heteroatoms. The standard InChI is InChI=1S/C25H24N3O12PS/c1-2-23(24(29)30)26(25(31)42(37,38)16-18-8-4-3-5-9-18)17-41(36,39-21-12-6-10-19(14-21)27(32)33)40-22-13-7-11-20(15-22)28(34)35/h3-15,23H,2,16-17H2,1H3,(H,29,30). The average molecular weight is 622 g/mol. The van der Waals surface area contributed by atoms with Crippen molar-refractivity contribution in [2.45, 2.75) is 25.1 Å². The van der Waals surface area contributed by atoms with Crippen LogP contribution in [0.15, 0.2) is 78.9 Å². The fraction of sp³-hybridized carbons (Fsp3) is 0.200. The van der Waals surface area contributed by atoms with Gasteiger partial charge in [0.1, 0.15) is 23.8 Å². The Kier molecular flexibility index (Phi) is 9.99. The van der Waals surface area contributed by atoms with E-state index in [1.165, 1.54) is 43.3 Å². The number of hydrogen-bond donors (Lipinski definition) is 1. The van der Waals surface area contributed by atoms with Crippen LogP contribution in [-0.2, 0) is 24.9 Å². The van der Waals surface area contributed by atoms with Crippen molar-refractivity contribution in [3.63, 3.8) is 0 Å². The van der Waals surface area contributed by atoms with Crippen molar-refractivity contribution >= 4 is 40.0 Å². The van der Waals surface area contributed by atoms with E-state index in [1.807, 2.05) is 0 Å². The minimum Gasteiger partial charge on any atom is -0.480 e. The monoisotopic (exact) mass is 621 g/mol. The van der Waals surface area contributed by atoms with Crippen molar-refractivity contribution in [2.24, 2.45) is 0 Å². The molecular formula is C25H24N3O12PS. The van der Waals surface area contributed by atoms with Gasteiger partial charge in [0.2, 0.25) is 9.84 Å². The molecule has 0 fully saturated rings. The molecule has 1 unspecified atom stereocenters. The molecule has 0 spiro atoms. The van der Waals surface area contributed by atoms with Crippen molar-refractivity contribution in [3.05, 3.63) is 105 Å². The molecule has 0 aliphatic carbocycles. The number of aliphatic carboxylic acids is 1. The van der Waals surface area contributed by atoms with E-state index >= 15 is 0 Å². The Bertz CT molecular complexity index is 1590. The normalized spacial score (nSPS) is 12.1. The number of carboxylic acid groups (broad SMARTS) is 1. The van der Waals surface area contributed by atoms with E-state index in [9.17, 15) is 47.9 Å². The third kappa shape index (κ3) is 8.11. The molecule has 0 radical (unpaired) electrons. The summed E-state index contributed by atoms with van der Waals surface area (Å²) in [5, 5.41) is 30.6. The Hall–Kier alpha value is -4.82. The van der Waals surface area contributed by atoms with Gasteiger partial charge in [-0.1, -0.05) is 49.4 Å². The third-order valence-corrected chi connectivity index (χ3v) is 8.73. The largest absolute Gasteiger partial charge is 0.480 e. The van der Waals surface area contributed by atoms with Gasteiger partial charge in [-0.05, 0) is 24.1 Å². The van der Waals surface area contributed by atoms with Gasteiger partial charge in [-0.15, -0.1) is 0 Å². The molecular weight excluding hydrogens is 597 g/mol. The summed E-state index contributed by atoms with van der Waals surface area (Å²) in [7, 11) is -9.64. The van der Waals surface area contributed by atoms with Crippen molar-refractivity contribution in [1.82, 2.24) is 4.90 Å². The zero-order valence-corrected chi connectivity index (χ0v) is 23.6. The van der Waals surface area contributed by atoms with Crippen LogP contribution in [0.25, 0.3) is 0 Å². The molecule has 0 aliphatic rings. The van der Waals surface area contributed by atoms with E-state index in [4.69, 9.17) is 9.05 Å². The van der Waals surface area contributed by atoms with Gasteiger partial charge >= 0.3 is 18.8 Å². The minimum absolute atomic E-state index is 0.220. The quantitative estimate of drug-likeness (QED) is 0.151. The van der Waals surface area contributed by atoms with Crippen molar-refractivity contribution in [3.8, 4) is 11.5 Å². The SMILES string of the molecule is CCC(C(=O)O)N(CP(=O)(Oc1cccc([N+](=O)[O-])c1)Oc1cccc([N+](=O)[O-])c1)C(=O)S(=O)(=O)Cc1ccccc1. The summed E-state index contributed by atoms with van der Waals surface area (Å²) in [5.41, 5.74) is -0.743. The number of carbonyl (C=O) groups is 2. The van der Waals surface area contributed by atoms with E-state index < -0.39 is 79.4 Å². The summed E-state index contributed by atoms with van der Waals surface area (Å²) >= 11 is 0. The lowest BCUT2D eigenvalue weighted by molar-refractivity contribution is -0.385. The fourth-order valence-corrected chi connectivity index (χ4v) is 6.86. The molecule has 0 aromatic heterocycles. The molecule has 3 rings (SSSR count). The summed E-state index contributed by atoms with van der Waals surface area (Å²) in [6, 6.07) is 14.4. The van der Waals surface area contributed by atoms with E-state index in [1.54, 1.807) is 6.07 Å². The predicted molar refractivity (Wildman–Crippen MR) is 148 cm³/mol. The van der Waals surface area contributed by atoms with E-state index in [2.05, 4.69) is 0 Å². The number of carbonyl (C=O) groups excluding carboxylic acids is 1. The summed E-state index contributed by atoms with van der Waals surface area (Å²) in [5.74, 6) is -3.24. The zero-order chi connectivity index (χ0) is 31.1. The van der Waals surface area contributed by atoms with Crippen LogP contribution < -0.4 is 9.05 Å². The van der Waals surface area contributed by atoms with Crippen LogP contribution in [0.2, 0.25) is 0 Å². The Morgan fingerprint density at radius 3 is 1.83 bits per heavy atom. The first-order valence-corrected chi connectivity index (χ1v) is 15.4. The minimum atomic E-state index is -4.90. The summed E-state index contributed by atoms with van der Waals surface area (Å²) in [4.78, 5) is 46.8. The van der Waals surface area contributed by atoms with Gasteiger partial charge in [0.15, 0.2) is 0 Å². The molecule has 0 heterocycles. The summed E-state index contributed by atoms with van der Waals surface area (Å²) in [6.07, 6.45) is -1.58. The molecule has 0 aliphatic heterocycles. The van der Waals surface area contributed by atoms with Gasteiger partial charge in [0, 0.05) is 12.1 Å². The van der Waals surface area contributed by atoms with Gasteiger partial charge in [0.05, 0.1) is 27.7 Å². The number of nitro benzene ring substituents is 2. The summed E-state index contributed by atoms with van der Waals surface area (Å²) < 4.78 is 51.4. The average Bonchev–Trinajstić information content (AvgIpc) is 2.92. The van der Waals surface area contributed by atoms with Gasteiger partial charge in [-0.2, -0.15) is 0 Å². The maximum atomic E-state index is 14.2. The molecule has 1 atom stereocenters. The van der Waals surface area contributed by atoms with E-state index in [-0.39, 0.29) is 12.0 Å². The lowest BCUT2D eigenvalue weighted by Gasteiger charge is -2.31. The molecule has 222 valence electrons. The van der Waals surface area contributed by atoms with Crippen LogP contribution >= 0.6 is 7.60 Å². The van der Waals surface area contributed by atoms with Crippen LogP contribution in [0.3, 0.4) is 0 Å². The number of non-ortho nitro benzene ring substituents is 2. The van der Waals surface area contributed by atoms with Crippen LogP contribution in [0, 0.1) is 20.2 Å². The topological polar surface area (TPSA) is 214 Å². The van der Waals surface area contributed by atoms with Crippen LogP contribution in [0.5, 0.6) is 11.5 Å². The second kappa shape index (κ2) is 13.2. The van der Waals surface area contributed by atoms with Crippen molar-refractivity contribution in [1.29, 1.82) is 0 Å². The highest BCUT2D eigenvalue weighted by atomic mass is 32.2. The van der Waals surface area contributed by atoms with Crippen LogP contribution in [-0.4, -0.2) is 51.8 Å². The van der Waals surface area contributed by atoms with Gasteiger partial charge < -0.3 is 19.1 Å². The second-order valence-corrected chi connectivity index (χ2v) is 12.4. The Balaban J connectivity index is 2.10. The van der Waals surface area contributed by atoms with Crippen molar-refractivity contribution in [2.75, 3.05) is 6.29 Å². The molecule has 15 nitrogen and oxygen atoms in total. The molecule has 3 aromatic carbocycles. The van der Waals surface area contributed by atoms with Gasteiger partial charge in [-0.25, -0.2) is 17.8 Å². The smallest absolute Gasteiger partial charge is 0.450 e. The second-order valence-electron chi connectivity index (χ2n) is 8.69. The molecule has 0 bridgehead atoms. The lowest BCUT2D eigenvalue weighted by Crippen LogP contribution is -2.48. The zero-order valence-electron chi connectivity index (χ0n) is 21.8. The number of nitrogens with zero attached hydrogens (tertiary/aromatic N) is 3. The number of carboxylic acids is 1. The van der Waals surface area contributed by atoms with E-state index in [0.717, 1.165) is 36.4 Å². The highest BCUT2D eigenvalue weighted by Gasteiger charge is 2.43. The Labute approximate surface area is 239 Å². The van der Waals surface area contributed by atoms with Crippen LogP contribution in [0.4, 0.5) is 16.2 Å². The maximum Gasteiger partial charge on any atom is 0.450 e. The first kappa shape index (κ1) is 31.7. The highest BCUT2D eigenvalue weighted by molar-refractivity contribution is 8.05. The fourth-order valence-electron chi connectivity index (χ4n) is 3.74. The van der Waals surface area contributed by atoms with Gasteiger partial charge in [0.25, 0.3) is 11.4 Å². The lowest BCUT2D eigenvalue weighted by atomic mass is 10.2. The maximum absolute atomic E-state index is 14.2. The Morgan fingerprint density at radius 1 is 0.905 bits per heavy atom. The van der Waals surface area contributed by atoms with Gasteiger partial charge in [-0.3, -0.25) is 25.0 Å².